The molecule has 3 aromatic rings. The van der Waals surface area contributed by atoms with Crippen molar-refractivity contribution < 1.29 is 14.3 Å². The Balaban J connectivity index is 1.56. The molecule has 0 aliphatic heterocycles. The molecule has 35 heavy (non-hydrogen) atoms. The third-order valence-corrected chi connectivity index (χ3v) is 7.10. The van der Waals surface area contributed by atoms with E-state index in [0.29, 0.717) is 23.1 Å². The first-order valence-electron chi connectivity index (χ1n) is 11.9. The molecule has 2 heterocycles. The second-order valence-electron chi connectivity index (χ2n) is 9.64. The third kappa shape index (κ3) is 5.08. The van der Waals surface area contributed by atoms with Gasteiger partial charge in [0.15, 0.2) is 0 Å². The van der Waals surface area contributed by atoms with Crippen LogP contribution in [0.5, 0.6) is 5.75 Å². The van der Waals surface area contributed by atoms with Crippen molar-refractivity contribution in [2.75, 3.05) is 26.0 Å². The fraction of sp³-hybridized carbons (Fsp3) is 0.462. The smallest absolute Gasteiger partial charge is 0.274 e. The molecule has 1 N–H and O–H groups in total. The van der Waals surface area contributed by atoms with Crippen LogP contribution in [0, 0.1) is 11.8 Å². The maximum atomic E-state index is 13.0. The summed E-state index contributed by atoms with van der Waals surface area (Å²) in [5.41, 5.74) is 1.01. The number of carbonyl (C=O) groups is 2. The van der Waals surface area contributed by atoms with Crippen LogP contribution in [0.2, 0.25) is 0 Å². The Labute approximate surface area is 204 Å². The maximum Gasteiger partial charge on any atom is 0.274 e. The number of benzene rings is 1. The molecule has 9 heteroatoms. The Morgan fingerprint density at radius 2 is 2.06 bits per heavy atom. The van der Waals surface area contributed by atoms with Crippen LogP contribution in [0.15, 0.2) is 41.5 Å². The molecular weight excluding hydrogens is 446 g/mol. The second kappa shape index (κ2) is 9.93. The Bertz CT molecular complexity index is 1310. The number of hydrogen-bond acceptors (Lipinski definition) is 5. The molecule has 1 fully saturated rings. The minimum atomic E-state index is -0.414. The lowest BCUT2D eigenvalue weighted by atomic mass is 9.79. The summed E-state index contributed by atoms with van der Waals surface area (Å²) in [4.78, 5) is 38.7. The first kappa shape index (κ1) is 24.5. The lowest BCUT2D eigenvalue weighted by molar-refractivity contribution is -0.128. The Hall–Kier alpha value is -3.62. The van der Waals surface area contributed by atoms with E-state index in [1.165, 1.54) is 11.7 Å². The van der Waals surface area contributed by atoms with Crippen molar-refractivity contribution in [1.82, 2.24) is 19.2 Å². The highest BCUT2D eigenvalue weighted by Gasteiger charge is 2.30. The standard InChI is InChI=1S/C26H33N5O4/c1-16-11-18(14-30(4)17(2)32)8-9-23(16)31-15-19-12-20(24(35-5)13-22(19)28-31)25(33)27-21-7-6-10-29(3)26(21)34/h6-7,10,12-13,15-16,18,23H,8-9,11,14H2,1-5H3,(H,27,33)/t16-,18-,23+/m0/s1. The molecule has 1 aromatic carbocycles. The number of ether oxygens (including phenoxy) is 1. The number of aromatic nitrogens is 3. The minimum absolute atomic E-state index is 0.0968. The Morgan fingerprint density at radius 3 is 2.74 bits per heavy atom. The highest BCUT2D eigenvalue weighted by atomic mass is 16.5. The van der Waals surface area contributed by atoms with Crippen molar-refractivity contribution in [2.24, 2.45) is 18.9 Å². The molecule has 0 unspecified atom stereocenters. The summed E-state index contributed by atoms with van der Waals surface area (Å²) in [5, 5.41) is 8.35. The predicted octanol–water partition coefficient (Wildman–Crippen LogP) is 3.45. The summed E-state index contributed by atoms with van der Waals surface area (Å²) >= 11 is 0. The van der Waals surface area contributed by atoms with E-state index < -0.39 is 5.91 Å². The molecule has 3 atom stereocenters. The van der Waals surface area contributed by atoms with Gasteiger partial charge in [0.25, 0.3) is 11.5 Å². The topological polar surface area (TPSA) is 98.5 Å². The molecular formula is C26H33N5O4. The number of pyridine rings is 1. The molecule has 1 saturated carbocycles. The van der Waals surface area contributed by atoms with Crippen molar-refractivity contribution >= 4 is 28.4 Å². The molecule has 2 aromatic heterocycles. The summed E-state index contributed by atoms with van der Waals surface area (Å²) in [5.74, 6) is 0.975. The quantitative estimate of drug-likeness (QED) is 0.584. The summed E-state index contributed by atoms with van der Waals surface area (Å²) in [6.45, 7) is 4.62. The highest BCUT2D eigenvalue weighted by Crippen LogP contribution is 2.38. The fourth-order valence-corrected chi connectivity index (χ4v) is 5.04. The lowest BCUT2D eigenvalue weighted by Crippen LogP contribution is -2.34. The van der Waals surface area contributed by atoms with E-state index in [1.807, 2.05) is 17.9 Å². The monoisotopic (exact) mass is 479 g/mol. The van der Waals surface area contributed by atoms with Crippen LogP contribution in [0.25, 0.3) is 10.9 Å². The van der Waals surface area contributed by atoms with E-state index in [1.54, 1.807) is 49.3 Å². The van der Waals surface area contributed by atoms with Gasteiger partial charge in [0.2, 0.25) is 5.91 Å². The zero-order chi connectivity index (χ0) is 25.3. The van der Waals surface area contributed by atoms with Crippen LogP contribution in [0.4, 0.5) is 5.69 Å². The van der Waals surface area contributed by atoms with Crippen molar-refractivity contribution in [2.45, 2.75) is 39.2 Å². The zero-order valence-corrected chi connectivity index (χ0v) is 20.9. The number of anilines is 1. The van der Waals surface area contributed by atoms with Gasteiger partial charge >= 0.3 is 0 Å². The maximum absolute atomic E-state index is 13.0. The van der Waals surface area contributed by atoms with E-state index in [-0.39, 0.29) is 23.2 Å². The third-order valence-electron chi connectivity index (χ3n) is 7.10. The number of carbonyl (C=O) groups excluding carboxylic acids is 2. The number of aryl methyl sites for hydroxylation is 1. The number of nitrogens with one attached hydrogen (secondary N) is 1. The van der Waals surface area contributed by atoms with Gasteiger partial charge < -0.3 is 19.5 Å². The van der Waals surface area contributed by atoms with Gasteiger partial charge in [-0.1, -0.05) is 6.92 Å². The van der Waals surface area contributed by atoms with Crippen molar-refractivity contribution in [1.29, 1.82) is 0 Å². The van der Waals surface area contributed by atoms with Gasteiger partial charge in [-0.15, -0.1) is 0 Å². The molecule has 0 saturated heterocycles. The highest BCUT2D eigenvalue weighted by molar-refractivity contribution is 6.08. The number of nitrogens with zero attached hydrogens (tertiary/aromatic N) is 4. The number of methoxy groups -OCH3 is 1. The van der Waals surface area contributed by atoms with Crippen LogP contribution < -0.4 is 15.6 Å². The summed E-state index contributed by atoms with van der Waals surface area (Å²) in [6.07, 6.45) is 6.66. The van der Waals surface area contributed by atoms with Crippen molar-refractivity contribution in [3.8, 4) is 5.75 Å². The first-order valence-corrected chi connectivity index (χ1v) is 11.9. The van der Waals surface area contributed by atoms with Crippen LogP contribution in [0.1, 0.15) is 49.5 Å². The molecule has 9 nitrogen and oxygen atoms in total. The average Bonchev–Trinajstić information content (AvgIpc) is 3.23. The summed E-state index contributed by atoms with van der Waals surface area (Å²) in [6, 6.07) is 7.06. The Kier molecular flexibility index (Phi) is 6.95. The largest absolute Gasteiger partial charge is 0.496 e. The Morgan fingerprint density at radius 1 is 1.29 bits per heavy atom. The molecule has 0 radical (unpaired) electrons. The number of fused-ring (bicyclic) bond motifs is 1. The lowest BCUT2D eigenvalue weighted by Gasteiger charge is -2.35. The van der Waals surface area contributed by atoms with Crippen LogP contribution in [-0.2, 0) is 11.8 Å². The second-order valence-corrected chi connectivity index (χ2v) is 9.64. The molecule has 0 bridgehead atoms. The average molecular weight is 480 g/mol. The van der Waals surface area contributed by atoms with E-state index >= 15 is 0 Å². The van der Waals surface area contributed by atoms with E-state index in [0.717, 1.165) is 36.7 Å². The molecule has 186 valence electrons. The summed E-state index contributed by atoms with van der Waals surface area (Å²) < 4.78 is 8.91. The van der Waals surface area contributed by atoms with Crippen LogP contribution in [0.3, 0.4) is 0 Å². The predicted molar refractivity (Wildman–Crippen MR) is 135 cm³/mol. The normalized spacial score (nSPS) is 20.0. The van der Waals surface area contributed by atoms with Crippen LogP contribution >= 0.6 is 0 Å². The van der Waals surface area contributed by atoms with Gasteiger partial charge in [-0.3, -0.25) is 19.1 Å². The SMILES string of the molecule is COc1cc2nn([C@@H]3CC[C@H](CN(C)C(C)=O)C[C@@H]3C)cc2cc1C(=O)Nc1cccn(C)c1=O. The number of amides is 2. The van der Waals surface area contributed by atoms with Gasteiger partial charge in [0.1, 0.15) is 11.4 Å². The van der Waals surface area contributed by atoms with Gasteiger partial charge in [-0.05, 0) is 49.3 Å². The van der Waals surface area contributed by atoms with Crippen molar-refractivity contribution in [3.05, 3.63) is 52.6 Å². The van der Waals surface area contributed by atoms with Gasteiger partial charge in [0, 0.05) is 51.4 Å². The number of rotatable bonds is 6. The zero-order valence-electron chi connectivity index (χ0n) is 20.9. The first-order chi connectivity index (χ1) is 16.7. The van der Waals surface area contributed by atoms with Crippen LogP contribution in [-0.4, -0.2) is 51.8 Å². The molecule has 0 spiro atoms. The number of hydrogen-bond donors (Lipinski definition) is 1. The van der Waals surface area contributed by atoms with E-state index in [9.17, 15) is 14.4 Å². The summed E-state index contributed by atoms with van der Waals surface area (Å²) in [7, 11) is 5.00. The molecule has 1 aliphatic carbocycles. The molecule has 2 amide bonds. The van der Waals surface area contributed by atoms with Gasteiger partial charge in [-0.25, -0.2) is 0 Å². The minimum Gasteiger partial charge on any atom is -0.496 e. The van der Waals surface area contributed by atoms with Crippen molar-refractivity contribution in [3.63, 3.8) is 0 Å². The van der Waals surface area contributed by atoms with Gasteiger partial charge in [-0.2, -0.15) is 5.10 Å². The fourth-order valence-electron chi connectivity index (χ4n) is 5.04. The van der Waals surface area contributed by atoms with E-state index in [4.69, 9.17) is 9.84 Å². The van der Waals surface area contributed by atoms with E-state index in [2.05, 4.69) is 12.2 Å². The van der Waals surface area contributed by atoms with Gasteiger partial charge in [0.05, 0.1) is 24.2 Å². The molecule has 1 aliphatic rings. The molecule has 4 rings (SSSR count).